The molecule has 0 saturated heterocycles. The Balaban J connectivity index is 3.07. The molecular weight excluding hydrogens is 282 g/mol. The number of nitrogens with two attached hydrogens (primary N) is 1. The van der Waals surface area contributed by atoms with Crippen molar-refractivity contribution in [3.63, 3.8) is 0 Å². The van der Waals surface area contributed by atoms with Crippen LogP contribution in [0, 0.1) is 0 Å². The van der Waals surface area contributed by atoms with Crippen LogP contribution in [0.3, 0.4) is 0 Å². The molecule has 110 valence electrons. The topological polar surface area (TPSA) is 119 Å². The van der Waals surface area contributed by atoms with Gasteiger partial charge in [-0.3, -0.25) is 14.6 Å². The normalized spacial score (nSPS) is 13.6. The van der Waals surface area contributed by atoms with Crippen LogP contribution in [-0.2, 0) is 14.6 Å². The van der Waals surface area contributed by atoms with Gasteiger partial charge < -0.3 is 11.1 Å². The highest BCUT2D eigenvalue weighted by Gasteiger charge is 2.43. The molecule has 0 saturated carbocycles. The molecule has 0 unspecified atom stereocenters. The highest BCUT2D eigenvalue weighted by Crippen LogP contribution is 2.20. The van der Waals surface area contributed by atoms with E-state index in [1.807, 2.05) is 0 Å². The molecule has 1 heterocycles. The molecule has 1 atom stereocenters. The number of nitrogens with zero attached hydrogens (tertiary/aromatic N) is 1. The predicted molar refractivity (Wildman–Crippen MR) is 73.6 cm³/mol. The van der Waals surface area contributed by atoms with E-state index in [-0.39, 0.29) is 5.56 Å². The summed E-state index contributed by atoms with van der Waals surface area (Å²) in [6.45, 7) is 2.67. The van der Waals surface area contributed by atoms with E-state index in [1.54, 1.807) is 6.07 Å². The minimum absolute atomic E-state index is 0.211. The fraction of sp³-hybridized carbons (Fsp3) is 0.417. The van der Waals surface area contributed by atoms with E-state index in [4.69, 9.17) is 5.73 Å². The zero-order valence-corrected chi connectivity index (χ0v) is 12.3. The molecule has 2 amide bonds. The zero-order chi connectivity index (χ0) is 15.6. The van der Waals surface area contributed by atoms with Gasteiger partial charge in [-0.2, -0.15) is 0 Å². The monoisotopic (exact) mass is 299 g/mol. The molecule has 0 aliphatic heterocycles. The number of rotatable bonds is 5. The summed E-state index contributed by atoms with van der Waals surface area (Å²) in [5, 5.41) is 2.35. The van der Waals surface area contributed by atoms with Crippen molar-refractivity contribution < 1.29 is 18.0 Å². The molecule has 0 aliphatic rings. The standard InChI is InChI=1S/C12H17N3O4S/c1-12(2,20(3,18)19)9(10(13)16)15-11(17)8-5-4-6-14-7-8/h4-7,9H,1-3H3,(H2,13,16)(H,15,17)/t9-/m1/s1. The third-order valence-corrected chi connectivity index (χ3v) is 5.28. The quantitative estimate of drug-likeness (QED) is 0.758. The Bertz CT molecular complexity index is 611. The van der Waals surface area contributed by atoms with Crippen molar-refractivity contribution in [2.75, 3.05) is 6.26 Å². The molecule has 1 aromatic heterocycles. The van der Waals surface area contributed by atoms with Crippen LogP contribution in [0.15, 0.2) is 24.5 Å². The zero-order valence-electron chi connectivity index (χ0n) is 11.5. The molecule has 3 N–H and O–H groups in total. The van der Waals surface area contributed by atoms with E-state index in [2.05, 4.69) is 10.3 Å². The van der Waals surface area contributed by atoms with Crippen molar-refractivity contribution in [1.82, 2.24) is 10.3 Å². The Kier molecular flexibility index (Phi) is 4.49. The Labute approximate surface area is 117 Å². The van der Waals surface area contributed by atoms with Gasteiger partial charge in [0.25, 0.3) is 5.91 Å². The van der Waals surface area contributed by atoms with E-state index in [0.29, 0.717) is 0 Å². The van der Waals surface area contributed by atoms with Crippen molar-refractivity contribution >= 4 is 21.7 Å². The lowest BCUT2D eigenvalue weighted by Gasteiger charge is -2.30. The van der Waals surface area contributed by atoms with Gasteiger partial charge in [-0.1, -0.05) is 0 Å². The second kappa shape index (κ2) is 5.58. The Morgan fingerprint density at radius 3 is 2.40 bits per heavy atom. The summed E-state index contributed by atoms with van der Waals surface area (Å²) in [4.78, 5) is 27.2. The maximum Gasteiger partial charge on any atom is 0.253 e. The van der Waals surface area contributed by atoms with Crippen molar-refractivity contribution in [3.05, 3.63) is 30.1 Å². The Morgan fingerprint density at radius 1 is 1.40 bits per heavy atom. The fourth-order valence-corrected chi connectivity index (χ4v) is 2.12. The number of hydrogen-bond donors (Lipinski definition) is 2. The van der Waals surface area contributed by atoms with Gasteiger partial charge in [-0.15, -0.1) is 0 Å². The number of primary amides is 1. The average Bonchev–Trinajstić information content (AvgIpc) is 2.34. The summed E-state index contributed by atoms with van der Waals surface area (Å²) in [6.07, 6.45) is 3.78. The number of hydrogen-bond acceptors (Lipinski definition) is 5. The number of carbonyl (C=O) groups is 2. The van der Waals surface area contributed by atoms with Crippen LogP contribution >= 0.6 is 0 Å². The number of aromatic nitrogens is 1. The third kappa shape index (κ3) is 3.32. The first kappa shape index (κ1) is 16.1. The molecule has 0 aliphatic carbocycles. The van der Waals surface area contributed by atoms with E-state index >= 15 is 0 Å². The van der Waals surface area contributed by atoms with Crippen molar-refractivity contribution in [1.29, 1.82) is 0 Å². The maximum atomic E-state index is 12.0. The maximum absolute atomic E-state index is 12.0. The summed E-state index contributed by atoms with van der Waals surface area (Å²) in [5.41, 5.74) is 5.42. The van der Waals surface area contributed by atoms with Gasteiger partial charge in [0.2, 0.25) is 5.91 Å². The molecule has 20 heavy (non-hydrogen) atoms. The molecular formula is C12H17N3O4S. The lowest BCUT2D eigenvalue weighted by Crippen LogP contribution is -2.59. The highest BCUT2D eigenvalue weighted by molar-refractivity contribution is 7.92. The van der Waals surface area contributed by atoms with E-state index in [9.17, 15) is 18.0 Å². The van der Waals surface area contributed by atoms with E-state index in [0.717, 1.165) is 6.26 Å². The van der Waals surface area contributed by atoms with Gasteiger partial charge >= 0.3 is 0 Å². The summed E-state index contributed by atoms with van der Waals surface area (Å²) in [6, 6.07) is 1.70. The van der Waals surface area contributed by atoms with Crippen LogP contribution in [-0.4, -0.2) is 42.3 Å². The van der Waals surface area contributed by atoms with Crippen LogP contribution in [0.25, 0.3) is 0 Å². The molecule has 0 fully saturated rings. The first-order valence-electron chi connectivity index (χ1n) is 5.77. The first-order valence-corrected chi connectivity index (χ1v) is 7.66. The predicted octanol–water partition coefficient (Wildman–Crippen LogP) is -0.511. The van der Waals surface area contributed by atoms with Crippen molar-refractivity contribution in [2.45, 2.75) is 24.6 Å². The number of amides is 2. The lowest BCUT2D eigenvalue weighted by atomic mass is 10.0. The van der Waals surface area contributed by atoms with Crippen molar-refractivity contribution in [3.8, 4) is 0 Å². The molecule has 8 heteroatoms. The van der Waals surface area contributed by atoms with Gasteiger partial charge in [0.15, 0.2) is 9.84 Å². The summed E-state index contributed by atoms with van der Waals surface area (Å²) in [5.74, 6) is -1.53. The molecule has 7 nitrogen and oxygen atoms in total. The van der Waals surface area contributed by atoms with E-state index < -0.39 is 32.4 Å². The van der Waals surface area contributed by atoms with E-state index in [1.165, 1.54) is 32.3 Å². The lowest BCUT2D eigenvalue weighted by molar-refractivity contribution is -0.120. The summed E-state index contributed by atoms with van der Waals surface area (Å²) < 4.78 is 22.0. The second-order valence-corrected chi connectivity index (χ2v) is 7.52. The minimum Gasteiger partial charge on any atom is -0.368 e. The molecule has 0 spiro atoms. The van der Waals surface area contributed by atoms with Crippen LogP contribution in [0.4, 0.5) is 0 Å². The summed E-state index contributed by atoms with van der Waals surface area (Å²) in [7, 11) is -3.61. The fourth-order valence-electron chi connectivity index (χ4n) is 1.51. The smallest absolute Gasteiger partial charge is 0.253 e. The number of carbonyl (C=O) groups excluding carboxylic acids is 2. The van der Waals surface area contributed by atoms with Crippen LogP contribution in [0.1, 0.15) is 24.2 Å². The average molecular weight is 299 g/mol. The van der Waals surface area contributed by atoms with Crippen LogP contribution < -0.4 is 11.1 Å². The van der Waals surface area contributed by atoms with Gasteiger partial charge in [-0.25, -0.2) is 8.42 Å². The second-order valence-electron chi connectivity index (χ2n) is 4.93. The largest absolute Gasteiger partial charge is 0.368 e. The highest BCUT2D eigenvalue weighted by atomic mass is 32.2. The summed E-state index contributed by atoms with van der Waals surface area (Å²) >= 11 is 0. The van der Waals surface area contributed by atoms with Crippen LogP contribution in [0.2, 0.25) is 0 Å². The molecule has 0 bridgehead atoms. The number of pyridine rings is 1. The first-order chi connectivity index (χ1) is 9.07. The molecule has 1 rings (SSSR count). The number of sulfone groups is 1. The molecule has 0 aromatic carbocycles. The Hall–Kier alpha value is -1.96. The molecule has 0 radical (unpaired) electrons. The third-order valence-electron chi connectivity index (χ3n) is 3.13. The van der Waals surface area contributed by atoms with Gasteiger partial charge in [0.05, 0.1) is 10.3 Å². The van der Waals surface area contributed by atoms with Gasteiger partial charge in [0.1, 0.15) is 6.04 Å². The Morgan fingerprint density at radius 2 is 2.00 bits per heavy atom. The minimum atomic E-state index is -3.61. The van der Waals surface area contributed by atoms with Crippen molar-refractivity contribution in [2.24, 2.45) is 5.73 Å². The number of nitrogens with one attached hydrogen (secondary N) is 1. The molecule has 1 aromatic rings. The van der Waals surface area contributed by atoms with Crippen LogP contribution in [0.5, 0.6) is 0 Å². The van der Waals surface area contributed by atoms with Gasteiger partial charge in [-0.05, 0) is 26.0 Å². The SMILES string of the molecule is CC(C)([C@H](NC(=O)c1cccnc1)C(N)=O)S(C)(=O)=O. The van der Waals surface area contributed by atoms with Gasteiger partial charge in [0, 0.05) is 18.6 Å².